The molecule has 0 saturated carbocycles. The van der Waals surface area contributed by atoms with E-state index in [-0.39, 0.29) is 12.0 Å². The molecule has 1 unspecified atom stereocenters. The highest BCUT2D eigenvalue weighted by molar-refractivity contribution is 9.10. The van der Waals surface area contributed by atoms with Crippen LogP contribution in [-0.2, 0) is 6.42 Å². The maximum Gasteiger partial charge on any atom is 0.0505 e. The monoisotopic (exact) mass is 291 g/mol. The molecule has 0 amide bonds. The molecule has 0 spiro atoms. The third-order valence-corrected chi connectivity index (χ3v) is 5.08. The fourth-order valence-corrected chi connectivity index (χ4v) is 3.23. The Labute approximate surface area is 104 Å². The molecule has 0 radical (unpaired) electrons. The van der Waals surface area contributed by atoms with Crippen LogP contribution in [0.2, 0.25) is 0 Å². The topological polar surface area (TPSA) is 46.2 Å². The summed E-state index contributed by atoms with van der Waals surface area (Å²) in [5.74, 6) is 0.376. The third-order valence-electron chi connectivity index (χ3n) is 3.15. The van der Waals surface area contributed by atoms with Gasteiger partial charge in [0.2, 0.25) is 0 Å². The van der Waals surface area contributed by atoms with Crippen LogP contribution in [-0.4, -0.2) is 18.3 Å². The summed E-state index contributed by atoms with van der Waals surface area (Å²) < 4.78 is 1.12. The molecule has 1 aromatic rings. The minimum Gasteiger partial charge on any atom is -0.396 e. The Kier molecular flexibility index (Phi) is 4.77. The normalized spacial score (nSPS) is 15.6. The summed E-state index contributed by atoms with van der Waals surface area (Å²) in [5.41, 5.74) is 5.63. The van der Waals surface area contributed by atoms with E-state index >= 15 is 0 Å². The van der Waals surface area contributed by atoms with Crippen molar-refractivity contribution in [3.05, 3.63) is 20.8 Å². The highest BCUT2D eigenvalue weighted by Gasteiger charge is 2.32. The fraction of sp³-hybridized carbons (Fsp3) is 0.636. The zero-order chi connectivity index (χ0) is 11.5. The summed E-state index contributed by atoms with van der Waals surface area (Å²) in [6.45, 7) is 4.90. The highest BCUT2D eigenvalue weighted by Crippen LogP contribution is 2.35. The number of nitrogens with two attached hydrogens (primary N) is 1. The van der Waals surface area contributed by atoms with Gasteiger partial charge in [-0.2, -0.15) is 0 Å². The van der Waals surface area contributed by atoms with Crippen molar-refractivity contribution in [3.8, 4) is 0 Å². The summed E-state index contributed by atoms with van der Waals surface area (Å²) in [7, 11) is 0. The Morgan fingerprint density at radius 1 is 1.60 bits per heavy atom. The van der Waals surface area contributed by atoms with Gasteiger partial charge in [-0.1, -0.05) is 13.8 Å². The molecule has 15 heavy (non-hydrogen) atoms. The van der Waals surface area contributed by atoms with Gasteiger partial charge in [0.1, 0.15) is 0 Å². The number of hydrogen-bond acceptors (Lipinski definition) is 3. The van der Waals surface area contributed by atoms with E-state index in [1.807, 2.05) is 6.07 Å². The van der Waals surface area contributed by atoms with E-state index in [0.717, 1.165) is 10.9 Å². The van der Waals surface area contributed by atoms with Gasteiger partial charge in [-0.3, -0.25) is 0 Å². The average Bonchev–Trinajstić information content (AvgIpc) is 2.60. The first-order valence-corrected chi connectivity index (χ1v) is 6.76. The first-order chi connectivity index (χ1) is 7.05. The van der Waals surface area contributed by atoms with Crippen molar-refractivity contribution in [1.82, 2.24) is 0 Å². The summed E-state index contributed by atoms with van der Waals surface area (Å²) in [6.07, 6.45) is 0.843. The van der Waals surface area contributed by atoms with Crippen molar-refractivity contribution in [3.63, 3.8) is 0 Å². The van der Waals surface area contributed by atoms with Crippen molar-refractivity contribution in [2.24, 2.45) is 17.1 Å². The molecule has 1 atom stereocenters. The number of halogens is 1. The molecule has 3 N–H and O–H groups in total. The van der Waals surface area contributed by atoms with Crippen LogP contribution in [0.25, 0.3) is 0 Å². The SMILES string of the molecule is CC(C)C(CN)(CO)Cc1sccc1Br. The average molecular weight is 292 g/mol. The number of thiophene rings is 1. The van der Waals surface area contributed by atoms with Crippen molar-refractivity contribution >= 4 is 27.3 Å². The Hall–Kier alpha value is 0.100. The molecule has 86 valence electrons. The van der Waals surface area contributed by atoms with Crippen LogP contribution in [0.1, 0.15) is 18.7 Å². The Morgan fingerprint density at radius 2 is 2.27 bits per heavy atom. The largest absolute Gasteiger partial charge is 0.396 e. The first kappa shape index (κ1) is 13.2. The van der Waals surface area contributed by atoms with Gasteiger partial charge in [0.05, 0.1) is 6.61 Å². The van der Waals surface area contributed by atoms with Crippen molar-refractivity contribution in [2.75, 3.05) is 13.2 Å². The summed E-state index contributed by atoms with van der Waals surface area (Å²) >= 11 is 5.23. The van der Waals surface area contributed by atoms with Crippen LogP contribution >= 0.6 is 27.3 Å². The second-order valence-electron chi connectivity index (χ2n) is 4.25. The van der Waals surface area contributed by atoms with Gasteiger partial charge in [-0.05, 0) is 39.7 Å². The van der Waals surface area contributed by atoms with Crippen LogP contribution in [0.15, 0.2) is 15.9 Å². The lowest BCUT2D eigenvalue weighted by Crippen LogP contribution is -2.41. The first-order valence-electron chi connectivity index (χ1n) is 5.08. The minimum atomic E-state index is -0.187. The highest BCUT2D eigenvalue weighted by atomic mass is 79.9. The number of aliphatic hydroxyl groups excluding tert-OH is 1. The molecule has 0 aliphatic carbocycles. The Morgan fingerprint density at radius 3 is 2.60 bits per heavy atom. The Balaban J connectivity index is 2.88. The van der Waals surface area contributed by atoms with E-state index in [1.165, 1.54) is 4.88 Å². The molecule has 0 aromatic carbocycles. The number of aliphatic hydroxyl groups is 1. The van der Waals surface area contributed by atoms with E-state index in [2.05, 4.69) is 35.2 Å². The zero-order valence-electron chi connectivity index (χ0n) is 9.16. The molecule has 1 aromatic heterocycles. The van der Waals surface area contributed by atoms with E-state index in [4.69, 9.17) is 5.73 Å². The van der Waals surface area contributed by atoms with Crippen LogP contribution < -0.4 is 5.73 Å². The van der Waals surface area contributed by atoms with Crippen molar-refractivity contribution < 1.29 is 5.11 Å². The van der Waals surface area contributed by atoms with Crippen LogP contribution in [0, 0.1) is 11.3 Å². The summed E-state index contributed by atoms with van der Waals surface area (Å²) in [4.78, 5) is 1.27. The smallest absolute Gasteiger partial charge is 0.0505 e. The maximum absolute atomic E-state index is 9.55. The van der Waals surface area contributed by atoms with Crippen LogP contribution in [0.4, 0.5) is 0 Å². The molecule has 0 fully saturated rings. The molecule has 1 heterocycles. The molecule has 4 heteroatoms. The molecule has 0 bridgehead atoms. The van der Waals surface area contributed by atoms with Gasteiger partial charge in [0.15, 0.2) is 0 Å². The Bertz CT molecular complexity index is 307. The van der Waals surface area contributed by atoms with Gasteiger partial charge in [-0.25, -0.2) is 0 Å². The number of rotatable bonds is 5. The van der Waals surface area contributed by atoms with E-state index < -0.39 is 0 Å². The van der Waals surface area contributed by atoms with Crippen molar-refractivity contribution in [1.29, 1.82) is 0 Å². The third kappa shape index (κ3) is 2.81. The van der Waals surface area contributed by atoms with Gasteiger partial charge < -0.3 is 10.8 Å². The predicted molar refractivity (Wildman–Crippen MR) is 69.1 cm³/mol. The van der Waals surface area contributed by atoms with E-state index in [9.17, 15) is 5.11 Å². The second kappa shape index (κ2) is 5.43. The second-order valence-corrected chi connectivity index (χ2v) is 6.10. The van der Waals surface area contributed by atoms with Gasteiger partial charge >= 0.3 is 0 Å². The number of hydrogen-bond donors (Lipinski definition) is 2. The standard InChI is InChI=1S/C11H18BrNOS/c1-8(2)11(6-13,7-14)5-10-9(12)3-4-15-10/h3-4,8,14H,5-7,13H2,1-2H3. The van der Waals surface area contributed by atoms with Crippen molar-refractivity contribution in [2.45, 2.75) is 20.3 Å². The molecule has 0 saturated heterocycles. The minimum absolute atomic E-state index is 0.144. The van der Waals surface area contributed by atoms with E-state index in [1.54, 1.807) is 11.3 Å². The lowest BCUT2D eigenvalue weighted by molar-refractivity contribution is 0.0849. The summed E-state index contributed by atoms with van der Waals surface area (Å²) in [5, 5.41) is 11.6. The molecule has 0 aliphatic rings. The van der Waals surface area contributed by atoms with Crippen LogP contribution in [0.5, 0.6) is 0 Å². The lowest BCUT2D eigenvalue weighted by Gasteiger charge is -2.34. The fourth-order valence-electron chi connectivity index (χ4n) is 1.59. The molecule has 1 rings (SSSR count). The molecular weight excluding hydrogens is 274 g/mol. The van der Waals surface area contributed by atoms with Gasteiger partial charge in [0.25, 0.3) is 0 Å². The maximum atomic E-state index is 9.55. The van der Waals surface area contributed by atoms with Crippen LogP contribution in [0.3, 0.4) is 0 Å². The lowest BCUT2D eigenvalue weighted by atomic mass is 9.75. The molecule has 0 aliphatic heterocycles. The molecular formula is C11H18BrNOS. The summed E-state index contributed by atoms with van der Waals surface area (Å²) in [6, 6.07) is 2.04. The zero-order valence-corrected chi connectivity index (χ0v) is 11.6. The van der Waals surface area contributed by atoms with Gasteiger partial charge in [0, 0.05) is 21.3 Å². The van der Waals surface area contributed by atoms with Gasteiger partial charge in [-0.15, -0.1) is 11.3 Å². The van der Waals surface area contributed by atoms with E-state index in [0.29, 0.717) is 12.5 Å². The quantitative estimate of drug-likeness (QED) is 0.876. The predicted octanol–water partition coefficient (Wildman–Crippen LogP) is 2.65. The molecule has 2 nitrogen and oxygen atoms in total.